The first kappa shape index (κ1) is 23.7. The number of benzene rings is 1. The van der Waals surface area contributed by atoms with Gasteiger partial charge in [0.1, 0.15) is 0 Å². The van der Waals surface area contributed by atoms with Gasteiger partial charge in [0.25, 0.3) is 5.91 Å². The van der Waals surface area contributed by atoms with Crippen molar-refractivity contribution in [1.82, 2.24) is 4.90 Å². The number of nitrogens with one attached hydrogen (secondary N) is 1. The maximum absolute atomic E-state index is 12.6. The number of hydrogen-bond donors (Lipinski definition) is 1. The van der Waals surface area contributed by atoms with Gasteiger partial charge in [0.15, 0.2) is 9.84 Å². The lowest BCUT2D eigenvalue weighted by atomic mass is 10.0. The van der Waals surface area contributed by atoms with Crippen LogP contribution >= 0.6 is 0 Å². The highest BCUT2D eigenvalue weighted by Crippen LogP contribution is 2.32. The lowest BCUT2D eigenvalue weighted by Gasteiger charge is -2.19. The highest BCUT2D eigenvalue weighted by molar-refractivity contribution is 7.92. The number of nitrogens with zero attached hydrogens (tertiary/aromatic N) is 1. The summed E-state index contributed by atoms with van der Waals surface area (Å²) in [7, 11) is -3.17. The molecule has 1 N–H and O–H groups in total. The first-order chi connectivity index (χ1) is 15.3. The normalized spacial score (nSPS) is 17.9. The smallest absolute Gasteiger partial charge is 0.254 e. The van der Waals surface area contributed by atoms with Gasteiger partial charge in [-0.1, -0.05) is 30.4 Å². The Morgan fingerprint density at radius 2 is 1.75 bits per heavy atom. The molecule has 2 aliphatic carbocycles. The van der Waals surface area contributed by atoms with Crippen molar-refractivity contribution in [3.63, 3.8) is 0 Å². The van der Waals surface area contributed by atoms with Crippen LogP contribution in [0.15, 0.2) is 73.4 Å². The Bertz CT molecular complexity index is 1020. The molecule has 7 heteroatoms. The number of hydrogen-bond acceptors (Lipinski definition) is 4. The molecule has 1 radical (unpaired) electrons. The Kier molecular flexibility index (Phi) is 7.85. The van der Waals surface area contributed by atoms with E-state index in [9.17, 15) is 18.0 Å². The van der Waals surface area contributed by atoms with Gasteiger partial charge in [-0.25, -0.2) is 8.42 Å². The Morgan fingerprint density at radius 1 is 1.09 bits per heavy atom. The summed E-state index contributed by atoms with van der Waals surface area (Å²) in [5.41, 5.74) is 1.84. The van der Waals surface area contributed by atoms with Gasteiger partial charge >= 0.3 is 0 Å². The summed E-state index contributed by atoms with van der Waals surface area (Å²) in [6.45, 7) is 8.18. The van der Waals surface area contributed by atoms with E-state index in [1.54, 1.807) is 66.0 Å². The molecular weight excluding hydrogens is 424 g/mol. The van der Waals surface area contributed by atoms with Crippen molar-refractivity contribution in [2.75, 3.05) is 24.2 Å². The largest absolute Gasteiger partial charge is 0.331 e. The Hall–Kier alpha value is -2.93. The van der Waals surface area contributed by atoms with Gasteiger partial charge in [-0.05, 0) is 48.6 Å². The minimum atomic E-state index is -3.17. The summed E-state index contributed by atoms with van der Waals surface area (Å²) in [5, 5.41) is 2.20. The highest BCUT2D eigenvalue weighted by Gasteiger charge is 2.32. The molecule has 0 aliphatic heterocycles. The van der Waals surface area contributed by atoms with Crippen LogP contribution in [0.1, 0.15) is 29.6 Å². The van der Waals surface area contributed by atoms with E-state index in [-0.39, 0.29) is 24.0 Å². The van der Waals surface area contributed by atoms with Crippen LogP contribution in [0, 0.1) is 12.3 Å². The van der Waals surface area contributed by atoms with E-state index < -0.39 is 15.1 Å². The van der Waals surface area contributed by atoms with Gasteiger partial charge in [-0.15, -0.1) is 13.2 Å². The zero-order valence-corrected chi connectivity index (χ0v) is 18.9. The molecular formula is C25H29N2O4S. The molecule has 169 valence electrons. The van der Waals surface area contributed by atoms with Gasteiger partial charge in [0.2, 0.25) is 5.91 Å². The number of allylic oxidation sites excluding steroid dienone is 2. The van der Waals surface area contributed by atoms with E-state index in [0.717, 1.165) is 18.4 Å². The van der Waals surface area contributed by atoms with E-state index in [0.29, 0.717) is 30.3 Å². The molecule has 2 amide bonds. The summed E-state index contributed by atoms with van der Waals surface area (Å²) in [4.78, 5) is 26.6. The minimum absolute atomic E-state index is 0.134. The molecule has 0 saturated heterocycles. The van der Waals surface area contributed by atoms with E-state index in [2.05, 4.69) is 18.5 Å². The molecule has 0 aromatic heterocycles. The Morgan fingerprint density at radius 3 is 2.28 bits per heavy atom. The summed E-state index contributed by atoms with van der Waals surface area (Å²) >= 11 is 0. The summed E-state index contributed by atoms with van der Waals surface area (Å²) in [5.74, 6) is 0.195. The van der Waals surface area contributed by atoms with Gasteiger partial charge in [-0.3, -0.25) is 9.59 Å². The van der Waals surface area contributed by atoms with Crippen LogP contribution < -0.4 is 5.32 Å². The van der Waals surface area contributed by atoms with E-state index >= 15 is 0 Å². The second kappa shape index (κ2) is 10.6. The number of amides is 2. The number of carbonyl (C=O) groups is 2. The number of anilines is 1. The molecule has 6 nitrogen and oxygen atoms in total. The van der Waals surface area contributed by atoms with Crippen molar-refractivity contribution in [3.05, 3.63) is 85.4 Å². The predicted octanol–water partition coefficient (Wildman–Crippen LogP) is 3.72. The van der Waals surface area contributed by atoms with Gasteiger partial charge in [-0.2, -0.15) is 0 Å². The molecule has 1 saturated carbocycles. The lowest BCUT2D eigenvalue weighted by Crippen LogP contribution is -2.31. The standard InChI is InChI=1S/C25H29N2O4S/c1-3-15-27(16-4-2)25(29)21-9-11-22(12-10-21)26-24(28)17-19-7-13-23(14-8-19)32(30,31)18-20-5-6-20/h3-4,7-14,20,23H,1-2,5-6,15-18H2,(H,26,28). The van der Waals surface area contributed by atoms with Crippen molar-refractivity contribution in [1.29, 1.82) is 0 Å². The van der Waals surface area contributed by atoms with Gasteiger partial charge < -0.3 is 10.2 Å². The zero-order valence-electron chi connectivity index (χ0n) is 18.1. The molecule has 2 aliphatic rings. The fourth-order valence-electron chi connectivity index (χ4n) is 3.46. The first-order valence-electron chi connectivity index (χ1n) is 10.7. The molecule has 1 unspecified atom stereocenters. The molecule has 3 rings (SSSR count). The monoisotopic (exact) mass is 453 g/mol. The lowest BCUT2D eigenvalue weighted by molar-refractivity contribution is -0.115. The topological polar surface area (TPSA) is 83.6 Å². The fourth-order valence-corrected chi connectivity index (χ4v) is 5.31. The third kappa shape index (κ3) is 6.53. The van der Waals surface area contributed by atoms with Gasteiger partial charge in [0, 0.05) is 30.8 Å². The van der Waals surface area contributed by atoms with Crippen LogP contribution in [-0.2, 0) is 14.6 Å². The quantitative estimate of drug-likeness (QED) is 0.518. The number of rotatable bonds is 11. The second-order valence-corrected chi connectivity index (χ2v) is 10.3. The second-order valence-electron chi connectivity index (χ2n) is 8.12. The van der Waals surface area contributed by atoms with E-state index in [4.69, 9.17) is 0 Å². The summed E-state index contributed by atoms with van der Waals surface area (Å²) in [6, 6.07) is 6.70. The van der Waals surface area contributed by atoms with Gasteiger partial charge in [0.05, 0.1) is 17.4 Å². The Labute approximate surface area is 190 Å². The molecule has 0 heterocycles. The third-order valence-corrected chi connectivity index (χ3v) is 7.43. The first-order valence-corrected chi connectivity index (χ1v) is 12.4. The average Bonchev–Trinajstić information content (AvgIpc) is 3.57. The van der Waals surface area contributed by atoms with Crippen LogP contribution in [0.25, 0.3) is 0 Å². The number of carbonyl (C=O) groups excluding carboxylic acids is 2. The molecule has 1 fully saturated rings. The van der Waals surface area contributed by atoms with Crippen LogP contribution in [-0.4, -0.2) is 49.2 Å². The minimum Gasteiger partial charge on any atom is -0.331 e. The molecule has 1 atom stereocenters. The highest BCUT2D eigenvalue weighted by atomic mass is 32.2. The van der Waals surface area contributed by atoms with Crippen LogP contribution in [0.2, 0.25) is 0 Å². The average molecular weight is 454 g/mol. The van der Waals surface area contributed by atoms with Crippen molar-refractivity contribution in [2.24, 2.45) is 5.92 Å². The molecule has 1 aromatic carbocycles. The Balaban J connectivity index is 1.52. The van der Waals surface area contributed by atoms with Crippen molar-refractivity contribution < 1.29 is 18.0 Å². The summed E-state index contributed by atoms with van der Waals surface area (Å²) in [6.07, 6.45) is 12.2. The van der Waals surface area contributed by atoms with Crippen molar-refractivity contribution in [2.45, 2.75) is 24.5 Å². The molecule has 0 spiro atoms. The third-order valence-electron chi connectivity index (χ3n) is 5.35. The fraction of sp³-hybridized carbons (Fsp3) is 0.320. The maximum Gasteiger partial charge on any atom is 0.254 e. The molecule has 0 bridgehead atoms. The zero-order chi connectivity index (χ0) is 23.1. The summed E-state index contributed by atoms with van der Waals surface area (Å²) < 4.78 is 24.7. The maximum atomic E-state index is 12.6. The number of sulfone groups is 1. The van der Waals surface area contributed by atoms with Crippen molar-refractivity contribution >= 4 is 27.3 Å². The van der Waals surface area contributed by atoms with Crippen molar-refractivity contribution in [3.8, 4) is 0 Å². The predicted molar refractivity (Wildman–Crippen MR) is 128 cm³/mol. The molecule has 32 heavy (non-hydrogen) atoms. The van der Waals surface area contributed by atoms with E-state index in [1.165, 1.54) is 0 Å². The van der Waals surface area contributed by atoms with Crippen LogP contribution in [0.4, 0.5) is 5.69 Å². The molecule has 1 aromatic rings. The van der Waals surface area contributed by atoms with Crippen LogP contribution in [0.3, 0.4) is 0 Å². The van der Waals surface area contributed by atoms with E-state index in [1.807, 2.05) is 0 Å². The van der Waals surface area contributed by atoms with Crippen LogP contribution in [0.5, 0.6) is 0 Å². The SMILES string of the molecule is C=CCN(CC=C)C(=O)c1ccc(NC(=O)CC2=C[CH]C(S(=O)(=O)CC3CC3)C=C2)cc1.